The van der Waals surface area contributed by atoms with Gasteiger partial charge in [-0.25, -0.2) is 4.98 Å². The van der Waals surface area contributed by atoms with Gasteiger partial charge in [0, 0.05) is 24.5 Å². The number of halogens is 1. The first-order valence-corrected chi connectivity index (χ1v) is 8.70. The van der Waals surface area contributed by atoms with Crippen LogP contribution in [-0.2, 0) is 13.6 Å². The summed E-state index contributed by atoms with van der Waals surface area (Å²) in [6.07, 6.45) is 1.81. The van der Waals surface area contributed by atoms with Gasteiger partial charge in [-0.2, -0.15) is 5.10 Å². The van der Waals surface area contributed by atoms with Gasteiger partial charge in [-0.1, -0.05) is 23.7 Å². The molecule has 6 nitrogen and oxygen atoms in total. The number of nitrogens with zero attached hydrogens (tertiary/aromatic N) is 5. The lowest BCUT2D eigenvalue weighted by Crippen LogP contribution is -2.18. The quantitative estimate of drug-likeness (QED) is 0.646. The molecule has 0 atom stereocenters. The van der Waals surface area contributed by atoms with Crippen molar-refractivity contribution in [1.29, 1.82) is 0 Å². The summed E-state index contributed by atoms with van der Waals surface area (Å²) in [5.74, 6) is 1.42. The van der Waals surface area contributed by atoms with Gasteiger partial charge in [-0.3, -0.25) is 14.0 Å². The fraction of sp³-hybridized carbons (Fsp3) is 0.316. The predicted octanol–water partition coefficient (Wildman–Crippen LogP) is 3.17. The van der Waals surface area contributed by atoms with E-state index in [4.69, 9.17) is 11.6 Å². The number of ketones is 1. The maximum Gasteiger partial charge on any atom is 0.200 e. The molecule has 26 heavy (non-hydrogen) atoms. The molecule has 2 aromatic heterocycles. The fourth-order valence-corrected chi connectivity index (χ4v) is 3.34. The van der Waals surface area contributed by atoms with Crippen molar-refractivity contribution in [3.05, 3.63) is 63.8 Å². The van der Waals surface area contributed by atoms with Gasteiger partial charge in [-0.05, 0) is 40.1 Å². The third-order valence-electron chi connectivity index (χ3n) is 4.22. The number of carbonyl (C=O) groups is 1. The van der Waals surface area contributed by atoms with Gasteiger partial charge >= 0.3 is 0 Å². The third-order valence-corrected chi connectivity index (χ3v) is 4.55. The van der Waals surface area contributed by atoms with Crippen molar-refractivity contribution in [3.8, 4) is 5.82 Å². The van der Waals surface area contributed by atoms with Crippen LogP contribution in [0.2, 0.25) is 5.02 Å². The fourth-order valence-electron chi connectivity index (χ4n) is 3.12. The minimum Gasteiger partial charge on any atom is -0.302 e. The smallest absolute Gasteiger partial charge is 0.200 e. The van der Waals surface area contributed by atoms with Gasteiger partial charge in [0.25, 0.3) is 0 Å². The van der Waals surface area contributed by atoms with Crippen molar-refractivity contribution >= 4 is 17.4 Å². The second kappa shape index (κ2) is 7.05. The van der Waals surface area contributed by atoms with Crippen LogP contribution in [0.3, 0.4) is 0 Å². The summed E-state index contributed by atoms with van der Waals surface area (Å²) in [5, 5.41) is 4.93. The van der Waals surface area contributed by atoms with Gasteiger partial charge in [0.15, 0.2) is 5.78 Å². The standard InChI is InChI=1S/C19H22ClN5O/c1-12-10-21-16(11-23(3)4)25(12)19-17(13(2)22-24(19)5)18(26)14-8-6-7-9-15(14)20/h6-10H,11H2,1-5H3. The van der Waals surface area contributed by atoms with Crippen molar-refractivity contribution in [2.75, 3.05) is 14.1 Å². The molecule has 0 aliphatic heterocycles. The summed E-state index contributed by atoms with van der Waals surface area (Å²) < 4.78 is 3.72. The Kier molecular flexibility index (Phi) is 4.98. The molecule has 7 heteroatoms. The lowest BCUT2D eigenvalue weighted by Gasteiger charge is -2.15. The maximum absolute atomic E-state index is 13.3. The van der Waals surface area contributed by atoms with Gasteiger partial charge in [-0.15, -0.1) is 0 Å². The molecule has 3 aromatic rings. The van der Waals surface area contributed by atoms with Gasteiger partial charge in [0.2, 0.25) is 0 Å². The van der Waals surface area contributed by atoms with E-state index in [2.05, 4.69) is 10.1 Å². The summed E-state index contributed by atoms with van der Waals surface area (Å²) in [6.45, 7) is 4.46. The molecule has 0 spiro atoms. The Morgan fingerprint density at radius 2 is 1.92 bits per heavy atom. The minimum atomic E-state index is -0.139. The largest absolute Gasteiger partial charge is 0.302 e. The molecule has 0 saturated heterocycles. The average Bonchev–Trinajstić information content (AvgIpc) is 3.05. The molecule has 0 aliphatic rings. The first-order valence-electron chi connectivity index (χ1n) is 8.32. The van der Waals surface area contributed by atoms with E-state index in [1.807, 2.05) is 62.8 Å². The van der Waals surface area contributed by atoms with Crippen molar-refractivity contribution in [3.63, 3.8) is 0 Å². The summed E-state index contributed by atoms with van der Waals surface area (Å²) in [5.41, 5.74) is 2.62. The molecule has 0 unspecified atom stereocenters. The van der Waals surface area contributed by atoms with Crippen molar-refractivity contribution < 1.29 is 4.79 Å². The molecule has 0 saturated carbocycles. The van der Waals surface area contributed by atoms with Crippen molar-refractivity contribution in [1.82, 2.24) is 24.2 Å². The molecule has 2 heterocycles. The zero-order valence-electron chi connectivity index (χ0n) is 15.6. The minimum absolute atomic E-state index is 0.139. The Bertz CT molecular complexity index is 970. The molecule has 0 N–H and O–H groups in total. The first-order chi connectivity index (χ1) is 12.3. The van der Waals surface area contributed by atoms with Crippen molar-refractivity contribution in [2.45, 2.75) is 20.4 Å². The number of benzene rings is 1. The van der Waals surface area contributed by atoms with E-state index in [1.54, 1.807) is 16.8 Å². The molecule has 0 fully saturated rings. The molecule has 1 aromatic carbocycles. The number of aryl methyl sites for hydroxylation is 3. The van der Waals surface area contributed by atoms with Gasteiger partial charge in [0.1, 0.15) is 11.6 Å². The number of rotatable bonds is 5. The monoisotopic (exact) mass is 371 g/mol. The second-order valence-corrected chi connectivity index (χ2v) is 7.01. The molecule has 0 aliphatic carbocycles. The number of carbonyl (C=O) groups excluding carboxylic acids is 1. The zero-order chi connectivity index (χ0) is 19.0. The van der Waals surface area contributed by atoms with Crippen LogP contribution in [0.25, 0.3) is 5.82 Å². The first kappa shape index (κ1) is 18.4. The molecular formula is C19H22ClN5O. The van der Waals surface area contributed by atoms with E-state index in [0.717, 1.165) is 11.5 Å². The van der Waals surface area contributed by atoms with Crippen LogP contribution in [0.5, 0.6) is 0 Å². The highest BCUT2D eigenvalue weighted by molar-refractivity contribution is 6.35. The zero-order valence-corrected chi connectivity index (χ0v) is 16.4. The number of aromatic nitrogens is 4. The average molecular weight is 372 g/mol. The van der Waals surface area contributed by atoms with Crippen LogP contribution >= 0.6 is 11.6 Å². The lowest BCUT2D eigenvalue weighted by molar-refractivity contribution is 0.103. The normalized spacial score (nSPS) is 11.3. The Balaban J connectivity index is 2.22. The predicted molar refractivity (Wildman–Crippen MR) is 102 cm³/mol. The Hall–Kier alpha value is -2.44. The summed E-state index contributed by atoms with van der Waals surface area (Å²) in [6, 6.07) is 7.08. The topological polar surface area (TPSA) is 56.0 Å². The summed E-state index contributed by atoms with van der Waals surface area (Å²) in [4.78, 5) is 19.8. The van der Waals surface area contributed by atoms with E-state index < -0.39 is 0 Å². The third kappa shape index (κ3) is 3.18. The number of hydrogen-bond donors (Lipinski definition) is 0. The van der Waals surface area contributed by atoms with E-state index in [0.29, 0.717) is 34.2 Å². The molecule has 0 amide bonds. The highest BCUT2D eigenvalue weighted by Crippen LogP contribution is 2.27. The summed E-state index contributed by atoms with van der Waals surface area (Å²) in [7, 11) is 5.81. The van der Waals surface area contributed by atoms with E-state index in [1.165, 1.54) is 0 Å². The van der Waals surface area contributed by atoms with Gasteiger partial charge < -0.3 is 4.90 Å². The van der Waals surface area contributed by atoms with E-state index >= 15 is 0 Å². The van der Waals surface area contributed by atoms with Crippen LogP contribution < -0.4 is 0 Å². The lowest BCUT2D eigenvalue weighted by atomic mass is 10.0. The van der Waals surface area contributed by atoms with Crippen LogP contribution in [0.4, 0.5) is 0 Å². The maximum atomic E-state index is 13.3. The Labute approximate surface area is 158 Å². The Morgan fingerprint density at radius 3 is 2.58 bits per heavy atom. The Morgan fingerprint density at radius 1 is 1.23 bits per heavy atom. The molecule has 136 valence electrons. The van der Waals surface area contributed by atoms with Crippen LogP contribution in [0, 0.1) is 13.8 Å². The van der Waals surface area contributed by atoms with E-state index in [-0.39, 0.29) is 5.78 Å². The van der Waals surface area contributed by atoms with Crippen molar-refractivity contribution in [2.24, 2.45) is 7.05 Å². The number of hydrogen-bond acceptors (Lipinski definition) is 4. The number of imidazole rings is 1. The highest BCUT2D eigenvalue weighted by atomic mass is 35.5. The highest BCUT2D eigenvalue weighted by Gasteiger charge is 2.26. The molecule has 0 bridgehead atoms. The van der Waals surface area contributed by atoms with Crippen LogP contribution in [0.1, 0.15) is 33.1 Å². The van der Waals surface area contributed by atoms with E-state index in [9.17, 15) is 4.79 Å². The van der Waals surface area contributed by atoms with Crippen LogP contribution in [-0.4, -0.2) is 44.1 Å². The van der Waals surface area contributed by atoms with Crippen LogP contribution in [0.15, 0.2) is 30.5 Å². The second-order valence-electron chi connectivity index (χ2n) is 6.61. The molecule has 3 rings (SSSR count). The van der Waals surface area contributed by atoms with Gasteiger partial charge in [0.05, 0.1) is 22.8 Å². The SMILES string of the molecule is Cc1nn(C)c(-n2c(C)cnc2CN(C)C)c1C(=O)c1ccccc1Cl. The molecular weight excluding hydrogens is 350 g/mol. The summed E-state index contributed by atoms with van der Waals surface area (Å²) >= 11 is 6.26. The molecule has 0 radical (unpaired) electrons.